The molecule has 0 aromatic heterocycles. The third-order valence-corrected chi connectivity index (χ3v) is 7.23. The quantitative estimate of drug-likeness (QED) is 0.413. The van der Waals surface area contributed by atoms with Crippen molar-refractivity contribution < 1.29 is 13.2 Å². The van der Waals surface area contributed by atoms with Crippen LogP contribution >= 0.6 is 35.0 Å². The summed E-state index contributed by atoms with van der Waals surface area (Å²) in [6, 6.07) is 19.1. The number of carbonyl (C=O) groups is 1. The molecule has 0 saturated heterocycles. The number of benzene rings is 3. The highest BCUT2D eigenvalue weighted by Gasteiger charge is 2.21. The molecular weight excluding hydrogens is 475 g/mol. The van der Waals surface area contributed by atoms with Gasteiger partial charge in [0.1, 0.15) is 0 Å². The lowest BCUT2D eigenvalue weighted by atomic mass is 10.1. The monoisotopic (exact) mass is 494 g/mol. The lowest BCUT2D eigenvalue weighted by Crippen LogP contribution is -2.29. The van der Waals surface area contributed by atoms with Crippen molar-refractivity contribution >= 4 is 62.3 Å². The van der Waals surface area contributed by atoms with E-state index in [2.05, 4.69) is 5.32 Å². The molecule has 0 atom stereocenters. The zero-order chi connectivity index (χ0) is 22.6. The molecule has 1 N–H and O–H groups in total. The summed E-state index contributed by atoms with van der Waals surface area (Å²) in [4.78, 5) is 13.6. The molecule has 5 nitrogen and oxygen atoms in total. The molecule has 0 unspecified atom stereocenters. The Hall–Kier alpha value is -2.19. The molecule has 3 aromatic carbocycles. The fourth-order valence-corrected chi connectivity index (χ4v) is 4.83. The lowest BCUT2D eigenvalue weighted by Gasteiger charge is -2.24. The molecule has 31 heavy (non-hydrogen) atoms. The Kier molecular flexibility index (Phi) is 7.54. The van der Waals surface area contributed by atoms with E-state index in [9.17, 15) is 13.2 Å². The van der Waals surface area contributed by atoms with Gasteiger partial charge >= 0.3 is 0 Å². The van der Waals surface area contributed by atoms with E-state index in [4.69, 9.17) is 23.2 Å². The number of anilines is 2. The second-order valence-electron chi connectivity index (χ2n) is 6.69. The number of hydrogen-bond donors (Lipinski definition) is 1. The van der Waals surface area contributed by atoms with Crippen molar-refractivity contribution in [3.63, 3.8) is 0 Å². The van der Waals surface area contributed by atoms with E-state index >= 15 is 0 Å². The van der Waals surface area contributed by atoms with Crippen LogP contribution in [0.5, 0.6) is 0 Å². The average molecular weight is 495 g/mol. The summed E-state index contributed by atoms with van der Waals surface area (Å²) in [5.74, 6) is -0.245. The SMILES string of the molecule is CSc1ccccc1NC(=O)c1ccc(CN(c2cccc(Cl)c2Cl)S(C)(=O)=O)cc1. The molecule has 0 radical (unpaired) electrons. The second-order valence-corrected chi connectivity index (χ2v) is 10.2. The fraction of sp³-hybridized carbons (Fsp3) is 0.136. The third kappa shape index (κ3) is 5.74. The Morgan fingerprint density at radius 1 is 1.00 bits per heavy atom. The molecule has 0 fully saturated rings. The van der Waals surface area contributed by atoms with Crippen molar-refractivity contribution in [1.29, 1.82) is 0 Å². The zero-order valence-electron chi connectivity index (χ0n) is 16.8. The highest BCUT2D eigenvalue weighted by atomic mass is 35.5. The molecule has 0 aliphatic rings. The van der Waals surface area contributed by atoms with Crippen molar-refractivity contribution in [1.82, 2.24) is 0 Å². The van der Waals surface area contributed by atoms with Gasteiger partial charge in [0, 0.05) is 10.5 Å². The van der Waals surface area contributed by atoms with Gasteiger partial charge in [-0.25, -0.2) is 8.42 Å². The van der Waals surface area contributed by atoms with Gasteiger partial charge in [-0.05, 0) is 48.2 Å². The van der Waals surface area contributed by atoms with E-state index < -0.39 is 10.0 Å². The van der Waals surface area contributed by atoms with Crippen LogP contribution in [0.3, 0.4) is 0 Å². The largest absolute Gasteiger partial charge is 0.321 e. The van der Waals surface area contributed by atoms with Gasteiger partial charge in [0.2, 0.25) is 10.0 Å². The number of thioether (sulfide) groups is 1. The van der Waals surface area contributed by atoms with Gasteiger partial charge < -0.3 is 5.32 Å². The van der Waals surface area contributed by atoms with Crippen molar-refractivity contribution in [2.45, 2.75) is 11.4 Å². The van der Waals surface area contributed by atoms with Crippen LogP contribution in [0.25, 0.3) is 0 Å². The molecule has 0 heterocycles. The van der Waals surface area contributed by atoms with Crippen LogP contribution in [0.1, 0.15) is 15.9 Å². The average Bonchev–Trinajstić information content (AvgIpc) is 2.74. The van der Waals surface area contributed by atoms with Crippen LogP contribution in [0.4, 0.5) is 11.4 Å². The van der Waals surface area contributed by atoms with Gasteiger partial charge in [0.25, 0.3) is 5.91 Å². The number of halogens is 2. The van der Waals surface area contributed by atoms with Gasteiger partial charge in [-0.1, -0.05) is 53.5 Å². The lowest BCUT2D eigenvalue weighted by molar-refractivity contribution is 0.102. The van der Waals surface area contributed by atoms with E-state index in [1.807, 2.05) is 30.5 Å². The van der Waals surface area contributed by atoms with E-state index in [1.165, 1.54) is 4.31 Å². The first-order chi connectivity index (χ1) is 14.7. The Bertz CT molecular complexity index is 1200. The Balaban J connectivity index is 1.81. The highest BCUT2D eigenvalue weighted by Crippen LogP contribution is 2.34. The Morgan fingerprint density at radius 2 is 1.68 bits per heavy atom. The van der Waals surface area contributed by atoms with Crippen LogP contribution < -0.4 is 9.62 Å². The molecule has 0 aliphatic heterocycles. The topological polar surface area (TPSA) is 66.5 Å². The molecule has 3 aromatic rings. The first kappa shape index (κ1) is 23.5. The van der Waals surface area contributed by atoms with E-state index in [1.54, 1.807) is 54.2 Å². The standard InChI is InChI=1S/C22H20Cl2N2O3S2/c1-30-20-9-4-3-7-18(20)25-22(27)16-12-10-15(11-13-16)14-26(31(2,28)29)19-8-5-6-17(23)21(19)24/h3-13H,14H2,1-2H3,(H,25,27). The van der Waals surface area contributed by atoms with Gasteiger partial charge in [0.15, 0.2) is 0 Å². The molecule has 0 saturated carbocycles. The number of nitrogens with zero attached hydrogens (tertiary/aromatic N) is 1. The van der Waals surface area contributed by atoms with Gasteiger partial charge in [-0.3, -0.25) is 9.10 Å². The molecule has 3 rings (SSSR count). The van der Waals surface area contributed by atoms with Gasteiger partial charge in [-0.2, -0.15) is 0 Å². The summed E-state index contributed by atoms with van der Waals surface area (Å²) in [7, 11) is -3.62. The molecule has 1 amide bonds. The van der Waals surface area contributed by atoms with Crippen molar-refractivity contribution in [3.05, 3.63) is 87.9 Å². The normalized spacial score (nSPS) is 11.2. The molecule has 0 bridgehead atoms. The van der Waals surface area contributed by atoms with Crippen molar-refractivity contribution in [2.24, 2.45) is 0 Å². The first-order valence-corrected chi connectivity index (χ1v) is 13.0. The van der Waals surface area contributed by atoms with Crippen molar-refractivity contribution in [2.75, 3.05) is 22.1 Å². The fourth-order valence-electron chi connectivity index (χ4n) is 2.94. The Morgan fingerprint density at radius 3 is 2.32 bits per heavy atom. The van der Waals surface area contributed by atoms with E-state index in [0.29, 0.717) is 16.8 Å². The van der Waals surface area contributed by atoms with Gasteiger partial charge in [0.05, 0.1) is 34.2 Å². The summed E-state index contributed by atoms with van der Waals surface area (Å²) < 4.78 is 26.0. The molecule has 162 valence electrons. The summed E-state index contributed by atoms with van der Waals surface area (Å²) in [6.07, 6.45) is 3.05. The zero-order valence-corrected chi connectivity index (χ0v) is 19.9. The van der Waals surface area contributed by atoms with Crippen LogP contribution in [0, 0.1) is 0 Å². The maximum atomic E-state index is 12.6. The van der Waals surface area contributed by atoms with E-state index in [-0.39, 0.29) is 22.5 Å². The summed E-state index contributed by atoms with van der Waals surface area (Å²) >= 11 is 13.8. The van der Waals surface area contributed by atoms with Gasteiger partial charge in [-0.15, -0.1) is 11.8 Å². The number of sulfonamides is 1. The minimum absolute atomic E-state index is 0.0517. The van der Waals surface area contributed by atoms with E-state index in [0.717, 1.165) is 16.8 Å². The number of rotatable bonds is 7. The Labute approximate surface area is 196 Å². The maximum absolute atomic E-state index is 12.6. The predicted octanol–water partition coefficient (Wildman–Crippen LogP) is 5.93. The summed E-state index contributed by atoms with van der Waals surface area (Å²) in [5.41, 5.74) is 2.20. The predicted molar refractivity (Wildman–Crippen MR) is 130 cm³/mol. The summed E-state index contributed by atoms with van der Waals surface area (Å²) in [5, 5.41) is 3.34. The minimum Gasteiger partial charge on any atom is -0.321 e. The maximum Gasteiger partial charge on any atom is 0.255 e. The van der Waals surface area contributed by atoms with Crippen molar-refractivity contribution in [3.8, 4) is 0 Å². The minimum atomic E-state index is -3.62. The van der Waals surface area contributed by atoms with Crippen LogP contribution in [-0.2, 0) is 16.6 Å². The van der Waals surface area contributed by atoms with Crippen LogP contribution in [0.15, 0.2) is 71.6 Å². The summed E-state index contributed by atoms with van der Waals surface area (Å²) in [6.45, 7) is 0.0517. The highest BCUT2D eigenvalue weighted by molar-refractivity contribution is 7.98. The molecular formula is C22H20Cl2N2O3S2. The third-order valence-electron chi connectivity index (χ3n) is 4.50. The number of amides is 1. The van der Waals surface area contributed by atoms with Crippen LogP contribution in [0.2, 0.25) is 10.0 Å². The number of nitrogens with one attached hydrogen (secondary N) is 1. The first-order valence-electron chi connectivity index (χ1n) is 9.15. The van der Waals surface area contributed by atoms with Crippen LogP contribution in [-0.4, -0.2) is 26.8 Å². The smallest absolute Gasteiger partial charge is 0.255 e. The number of hydrogen-bond acceptors (Lipinski definition) is 4. The number of carbonyl (C=O) groups excluding carboxylic acids is 1. The molecule has 9 heteroatoms. The molecule has 0 aliphatic carbocycles. The second kappa shape index (κ2) is 9.96. The molecule has 0 spiro atoms. The number of para-hydroxylation sites is 1.